The third-order valence-corrected chi connectivity index (χ3v) is 7.17. The Balaban J connectivity index is 1.59. The summed E-state index contributed by atoms with van der Waals surface area (Å²) < 4.78 is 2.07. The number of likely N-dealkylation sites (tertiary alicyclic amines) is 1. The second-order valence-electron chi connectivity index (χ2n) is 8.07. The maximum absolute atomic E-state index is 13.4. The zero-order valence-electron chi connectivity index (χ0n) is 16.2. The number of hydrogen-bond acceptors (Lipinski definition) is 4. The predicted octanol–water partition coefficient (Wildman–Crippen LogP) is 5.11. The summed E-state index contributed by atoms with van der Waals surface area (Å²) in [6.45, 7) is 1.75. The molecule has 1 aromatic carbocycles. The van der Waals surface area contributed by atoms with E-state index in [4.69, 9.17) is 9.97 Å². The van der Waals surface area contributed by atoms with E-state index in [-0.39, 0.29) is 5.91 Å². The third kappa shape index (κ3) is 2.77. The van der Waals surface area contributed by atoms with Gasteiger partial charge in [-0.05, 0) is 43.6 Å². The fraction of sp³-hybridized carbons (Fsp3) is 0.348. The number of carbonyl (C=O) groups excluding carboxylic acids is 1. The normalized spacial score (nSPS) is 17.3. The van der Waals surface area contributed by atoms with Crippen LogP contribution in [0.2, 0.25) is 0 Å². The number of nitrogens with zero attached hydrogens (tertiary/aromatic N) is 4. The molecule has 0 bridgehead atoms. The minimum Gasteiger partial charge on any atom is -0.338 e. The summed E-state index contributed by atoms with van der Waals surface area (Å²) in [5.74, 6) is 1.55. The molecule has 29 heavy (non-hydrogen) atoms. The second-order valence-corrected chi connectivity index (χ2v) is 9.07. The molecule has 5 nitrogen and oxygen atoms in total. The van der Waals surface area contributed by atoms with E-state index in [0.29, 0.717) is 5.92 Å². The second kappa shape index (κ2) is 6.66. The molecule has 1 aliphatic carbocycles. The first kappa shape index (κ1) is 17.2. The molecule has 3 aromatic heterocycles. The Morgan fingerprint density at radius 2 is 1.86 bits per heavy atom. The average Bonchev–Trinajstić information content (AvgIpc) is 3.36. The summed E-state index contributed by atoms with van der Waals surface area (Å²) in [6.07, 6.45) is 9.56. The highest BCUT2D eigenvalue weighted by Gasteiger charge is 2.35. The number of thiophene rings is 1. The monoisotopic (exact) mass is 402 g/mol. The van der Waals surface area contributed by atoms with Crippen molar-refractivity contribution in [3.05, 3.63) is 53.2 Å². The number of amides is 1. The fourth-order valence-corrected chi connectivity index (χ4v) is 5.71. The lowest BCUT2D eigenvalue weighted by Crippen LogP contribution is -2.35. The lowest BCUT2D eigenvalue weighted by atomic mass is 10.1. The van der Waals surface area contributed by atoms with Crippen LogP contribution in [0, 0.1) is 0 Å². The van der Waals surface area contributed by atoms with Gasteiger partial charge in [-0.2, -0.15) is 0 Å². The molecule has 1 saturated heterocycles. The van der Waals surface area contributed by atoms with Gasteiger partial charge in [0.15, 0.2) is 0 Å². The average molecular weight is 403 g/mol. The number of imidazole rings is 1. The maximum Gasteiger partial charge on any atom is 0.264 e. The first-order valence-corrected chi connectivity index (χ1v) is 11.3. The van der Waals surface area contributed by atoms with Crippen LogP contribution < -0.4 is 0 Å². The first-order valence-electron chi connectivity index (χ1n) is 10.5. The molecular formula is C23H22N4OS. The van der Waals surface area contributed by atoms with Crippen LogP contribution in [0.3, 0.4) is 0 Å². The summed E-state index contributed by atoms with van der Waals surface area (Å²) >= 11 is 1.57. The third-order valence-electron chi connectivity index (χ3n) is 6.08. The van der Waals surface area contributed by atoms with Crippen LogP contribution in [0.5, 0.6) is 0 Å². The van der Waals surface area contributed by atoms with Crippen LogP contribution in [-0.2, 0) is 0 Å². The molecule has 2 aliphatic rings. The molecule has 0 radical (unpaired) electrons. The number of hydrogen-bond donors (Lipinski definition) is 0. The maximum atomic E-state index is 13.4. The zero-order valence-corrected chi connectivity index (χ0v) is 17.0. The minimum absolute atomic E-state index is 0.195. The summed E-state index contributed by atoms with van der Waals surface area (Å²) in [5.41, 5.74) is 3.18. The number of piperidine rings is 1. The molecule has 0 atom stereocenters. The van der Waals surface area contributed by atoms with Gasteiger partial charge in [0, 0.05) is 31.0 Å². The summed E-state index contributed by atoms with van der Waals surface area (Å²) in [6, 6.07) is 10.2. The molecule has 4 heterocycles. The van der Waals surface area contributed by atoms with Gasteiger partial charge in [0.25, 0.3) is 5.91 Å². The van der Waals surface area contributed by atoms with Crippen LogP contribution in [0.15, 0.2) is 42.7 Å². The molecule has 1 aliphatic heterocycles. The van der Waals surface area contributed by atoms with Crippen LogP contribution in [0.25, 0.3) is 27.3 Å². The van der Waals surface area contributed by atoms with Crippen molar-refractivity contribution in [3.8, 4) is 11.4 Å². The summed E-state index contributed by atoms with van der Waals surface area (Å²) in [4.78, 5) is 27.0. The van der Waals surface area contributed by atoms with Gasteiger partial charge >= 0.3 is 0 Å². The van der Waals surface area contributed by atoms with E-state index in [1.807, 2.05) is 35.5 Å². The molecular weight excluding hydrogens is 380 g/mol. The zero-order chi connectivity index (χ0) is 19.4. The van der Waals surface area contributed by atoms with E-state index in [0.717, 1.165) is 70.9 Å². The first-order chi connectivity index (χ1) is 14.3. The molecule has 4 aromatic rings. The Morgan fingerprint density at radius 1 is 1.07 bits per heavy atom. The van der Waals surface area contributed by atoms with Crippen molar-refractivity contribution in [2.75, 3.05) is 13.1 Å². The lowest BCUT2D eigenvalue weighted by Gasteiger charge is -2.26. The van der Waals surface area contributed by atoms with E-state index in [1.165, 1.54) is 12.0 Å². The molecule has 0 unspecified atom stereocenters. The van der Waals surface area contributed by atoms with E-state index in [1.54, 1.807) is 11.3 Å². The number of carbonyl (C=O) groups is 1. The predicted molar refractivity (Wildman–Crippen MR) is 116 cm³/mol. The Bertz CT molecular complexity index is 1220. The Labute approximate surface area is 173 Å². The summed E-state index contributed by atoms with van der Waals surface area (Å²) in [5, 5.41) is 1.09. The van der Waals surface area contributed by atoms with Crippen molar-refractivity contribution in [2.45, 2.75) is 38.0 Å². The lowest BCUT2D eigenvalue weighted by molar-refractivity contribution is 0.0728. The quantitative estimate of drug-likeness (QED) is 0.478. The van der Waals surface area contributed by atoms with Crippen molar-refractivity contribution in [3.63, 3.8) is 0 Å². The van der Waals surface area contributed by atoms with E-state index < -0.39 is 0 Å². The standard InChI is InChI=1S/C23H22N4OS/c28-23(26-12-5-2-6-13-26)19-17(15-9-10-15)18-21-24-11-14-27(21)20(25-22(18)29-19)16-7-3-1-4-8-16/h1,3-4,7-8,11,14-15H,2,5-6,9-10,12-13H2. The molecule has 2 fully saturated rings. The topological polar surface area (TPSA) is 50.5 Å². The van der Waals surface area contributed by atoms with Crippen LogP contribution in [-0.4, -0.2) is 38.3 Å². The van der Waals surface area contributed by atoms with Crippen molar-refractivity contribution in [1.82, 2.24) is 19.3 Å². The summed E-state index contributed by atoms with van der Waals surface area (Å²) in [7, 11) is 0. The highest BCUT2D eigenvalue weighted by molar-refractivity contribution is 7.20. The Morgan fingerprint density at radius 3 is 2.62 bits per heavy atom. The van der Waals surface area contributed by atoms with E-state index >= 15 is 0 Å². The molecule has 0 spiro atoms. The van der Waals surface area contributed by atoms with Crippen molar-refractivity contribution >= 4 is 33.1 Å². The SMILES string of the molecule is O=C(c1sc2nc(-c3ccccc3)n3ccnc3c2c1C1CC1)N1CCCCC1. The van der Waals surface area contributed by atoms with Gasteiger partial charge in [-0.3, -0.25) is 9.20 Å². The van der Waals surface area contributed by atoms with Crippen LogP contribution in [0.4, 0.5) is 0 Å². The Kier molecular flexibility index (Phi) is 3.94. The van der Waals surface area contributed by atoms with E-state index in [9.17, 15) is 4.79 Å². The Hall–Kier alpha value is -2.73. The number of fused-ring (bicyclic) bond motifs is 3. The number of benzene rings is 1. The molecule has 146 valence electrons. The molecule has 0 N–H and O–H groups in total. The molecule has 1 saturated carbocycles. The highest BCUT2D eigenvalue weighted by atomic mass is 32.1. The van der Waals surface area contributed by atoms with Crippen molar-refractivity contribution in [1.29, 1.82) is 0 Å². The van der Waals surface area contributed by atoms with Crippen molar-refractivity contribution in [2.24, 2.45) is 0 Å². The van der Waals surface area contributed by atoms with Gasteiger partial charge in [0.05, 0.1) is 10.3 Å². The minimum atomic E-state index is 0.195. The fourth-order valence-electron chi connectivity index (χ4n) is 4.49. The van der Waals surface area contributed by atoms with Gasteiger partial charge < -0.3 is 4.90 Å². The smallest absolute Gasteiger partial charge is 0.264 e. The molecule has 6 heteroatoms. The van der Waals surface area contributed by atoms with Gasteiger partial charge in [-0.25, -0.2) is 9.97 Å². The van der Waals surface area contributed by atoms with Crippen molar-refractivity contribution < 1.29 is 4.79 Å². The van der Waals surface area contributed by atoms with Crippen LogP contribution in [0.1, 0.15) is 53.3 Å². The van der Waals surface area contributed by atoms with Gasteiger partial charge in [0.1, 0.15) is 16.3 Å². The molecule has 6 rings (SSSR count). The van der Waals surface area contributed by atoms with Gasteiger partial charge in [0.2, 0.25) is 0 Å². The van der Waals surface area contributed by atoms with Crippen LogP contribution >= 0.6 is 11.3 Å². The van der Waals surface area contributed by atoms with Gasteiger partial charge in [-0.1, -0.05) is 30.3 Å². The largest absolute Gasteiger partial charge is 0.338 e. The van der Waals surface area contributed by atoms with E-state index in [2.05, 4.69) is 16.5 Å². The number of aromatic nitrogens is 3. The highest BCUT2D eigenvalue weighted by Crippen LogP contribution is 2.49. The molecule has 1 amide bonds. The number of rotatable bonds is 3. The van der Waals surface area contributed by atoms with Gasteiger partial charge in [-0.15, -0.1) is 11.3 Å².